The number of esters is 1. The molecule has 0 aromatic heterocycles. The molecule has 0 fully saturated rings. The Bertz CT molecular complexity index is 778. The minimum absolute atomic E-state index is 0.144. The number of carbonyl (C=O) groups excluding carboxylic acids is 2. The van der Waals surface area contributed by atoms with Crippen LogP contribution in [0.15, 0.2) is 41.3 Å². The molecule has 2 aromatic carbocycles. The molecule has 0 spiro atoms. The number of hydrogen-bond donors (Lipinski definition) is 1. The van der Waals surface area contributed by atoms with Crippen molar-refractivity contribution in [2.75, 3.05) is 25.3 Å². The van der Waals surface area contributed by atoms with Gasteiger partial charge in [-0.25, -0.2) is 13.6 Å². The quantitative estimate of drug-likeness (QED) is 0.625. The van der Waals surface area contributed by atoms with Crippen molar-refractivity contribution in [2.24, 2.45) is 0 Å². The Morgan fingerprint density at radius 3 is 2.44 bits per heavy atom. The van der Waals surface area contributed by atoms with Crippen LogP contribution in [0.25, 0.3) is 0 Å². The highest BCUT2D eigenvalue weighted by molar-refractivity contribution is 7.98. The highest BCUT2D eigenvalue weighted by atomic mass is 32.2. The van der Waals surface area contributed by atoms with Gasteiger partial charge in [0.05, 0.1) is 7.11 Å². The van der Waals surface area contributed by atoms with E-state index in [1.807, 2.05) is 11.6 Å². The van der Waals surface area contributed by atoms with Crippen LogP contribution in [0.5, 0.6) is 5.75 Å². The third-order valence-electron chi connectivity index (χ3n) is 3.19. The lowest BCUT2D eigenvalue weighted by Gasteiger charge is -2.11. The van der Waals surface area contributed by atoms with Crippen LogP contribution in [-0.4, -0.2) is 31.8 Å². The maximum absolute atomic E-state index is 13.5. The number of halogens is 2. The molecule has 2 aromatic rings. The standard InChI is InChI=1S/C17H15F2NO4S/c1-23-14-8-10(25-2)6-7-11(14)17(22)24-9-15(21)20-16-12(18)4-3-5-13(16)19/h3-8H,9H2,1-2H3,(H,20,21). The number of methoxy groups -OCH3 is 1. The van der Waals surface area contributed by atoms with Gasteiger partial charge < -0.3 is 14.8 Å². The number of hydrogen-bond acceptors (Lipinski definition) is 5. The first-order valence-corrected chi connectivity index (χ1v) is 8.31. The summed E-state index contributed by atoms with van der Waals surface area (Å²) in [4.78, 5) is 24.7. The second-order valence-corrected chi connectivity index (χ2v) is 5.67. The summed E-state index contributed by atoms with van der Waals surface area (Å²) < 4.78 is 36.9. The lowest BCUT2D eigenvalue weighted by Crippen LogP contribution is -2.22. The zero-order chi connectivity index (χ0) is 18.4. The first-order valence-electron chi connectivity index (χ1n) is 7.09. The predicted molar refractivity (Wildman–Crippen MR) is 90.0 cm³/mol. The number of para-hydroxylation sites is 1. The molecule has 0 unspecified atom stereocenters. The van der Waals surface area contributed by atoms with Gasteiger partial charge in [0.15, 0.2) is 6.61 Å². The maximum atomic E-state index is 13.5. The third kappa shape index (κ3) is 4.69. The summed E-state index contributed by atoms with van der Waals surface area (Å²) in [6.45, 7) is -0.694. The van der Waals surface area contributed by atoms with Gasteiger partial charge in [0.25, 0.3) is 5.91 Å². The number of rotatable bonds is 6. The van der Waals surface area contributed by atoms with Crippen LogP contribution in [0.1, 0.15) is 10.4 Å². The Morgan fingerprint density at radius 2 is 1.84 bits per heavy atom. The third-order valence-corrected chi connectivity index (χ3v) is 3.92. The fourth-order valence-corrected chi connectivity index (χ4v) is 2.40. The lowest BCUT2D eigenvalue weighted by atomic mass is 10.2. The summed E-state index contributed by atoms with van der Waals surface area (Å²) >= 11 is 1.47. The largest absolute Gasteiger partial charge is 0.496 e. The van der Waals surface area contributed by atoms with Gasteiger partial charge in [-0.1, -0.05) is 6.07 Å². The van der Waals surface area contributed by atoms with Crippen LogP contribution in [0.3, 0.4) is 0 Å². The molecule has 132 valence electrons. The first-order chi connectivity index (χ1) is 12.0. The minimum Gasteiger partial charge on any atom is -0.496 e. The van der Waals surface area contributed by atoms with Crippen molar-refractivity contribution < 1.29 is 27.8 Å². The zero-order valence-corrected chi connectivity index (χ0v) is 14.3. The van der Waals surface area contributed by atoms with E-state index in [-0.39, 0.29) is 5.56 Å². The number of nitrogens with one attached hydrogen (secondary N) is 1. The zero-order valence-electron chi connectivity index (χ0n) is 13.5. The van der Waals surface area contributed by atoms with Crippen LogP contribution in [-0.2, 0) is 9.53 Å². The van der Waals surface area contributed by atoms with Crippen LogP contribution < -0.4 is 10.1 Å². The molecule has 5 nitrogen and oxygen atoms in total. The van der Waals surface area contributed by atoms with Crippen LogP contribution in [0.4, 0.5) is 14.5 Å². The minimum atomic E-state index is -0.922. The molecule has 25 heavy (non-hydrogen) atoms. The van der Waals surface area contributed by atoms with E-state index in [1.54, 1.807) is 12.1 Å². The number of benzene rings is 2. The summed E-state index contributed by atoms with van der Waals surface area (Å²) in [5, 5.41) is 2.03. The second-order valence-electron chi connectivity index (χ2n) is 4.79. The van der Waals surface area contributed by atoms with Gasteiger partial charge in [-0.15, -0.1) is 11.8 Å². The van der Waals surface area contributed by atoms with Gasteiger partial charge in [0.2, 0.25) is 0 Å². The molecule has 0 saturated heterocycles. The Balaban J connectivity index is 2.01. The summed E-state index contributed by atoms with van der Waals surface area (Å²) in [5.41, 5.74) is -0.448. The van der Waals surface area contributed by atoms with E-state index < -0.39 is 35.8 Å². The fourth-order valence-electron chi connectivity index (χ4n) is 1.97. The Kier molecular flexibility index (Phi) is 6.35. The highest BCUT2D eigenvalue weighted by Gasteiger charge is 2.17. The molecule has 1 amide bonds. The molecule has 0 heterocycles. The molecule has 0 aliphatic rings. The molecule has 0 aliphatic carbocycles. The smallest absolute Gasteiger partial charge is 0.342 e. The molecule has 0 radical (unpaired) electrons. The normalized spacial score (nSPS) is 10.2. The van der Waals surface area contributed by atoms with Crippen molar-refractivity contribution in [2.45, 2.75) is 4.90 Å². The first kappa shape index (κ1) is 18.7. The maximum Gasteiger partial charge on any atom is 0.342 e. The summed E-state index contributed by atoms with van der Waals surface area (Å²) in [6.07, 6.45) is 1.87. The van der Waals surface area contributed by atoms with E-state index in [0.29, 0.717) is 5.75 Å². The van der Waals surface area contributed by atoms with Crippen molar-refractivity contribution in [1.82, 2.24) is 0 Å². The molecule has 0 saturated carbocycles. The van der Waals surface area contributed by atoms with Gasteiger partial charge in [-0.3, -0.25) is 4.79 Å². The highest BCUT2D eigenvalue weighted by Crippen LogP contribution is 2.26. The Labute approximate surface area is 147 Å². The molecular formula is C17H15F2NO4S. The SMILES string of the molecule is COc1cc(SC)ccc1C(=O)OCC(=O)Nc1c(F)cccc1F. The summed E-state index contributed by atoms with van der Waals surface area (Å²) in [5.74, 6) is -3.19. The van der Waals surface area contributed by atoms with Gasteiger partial charge >= 0.3 is 5.97 Å². The van der Waals surface area contributed by atoms with Crippen molar-refractivity contribution in [3.63, 3.8) is 0 Å². The molecule has 1 N–H and O–H groups in total. The van der Waals surface area contributed by atoms with E-state index in [9.17, 15) is 18.4 Å². The average Bonchev–Trinajstić information content (AvgIpc) is 2.62. The molecule has 0 bridgehead atoms. The molecule has 2 rings (SSSR count). The number of anilines is 1. The van der Waals surface area contributed by atoms with E-state index in [1.165, 1.54) is 31.0 Å². The average molecular weight is 367 g/mol. The van der Waals surface area contributed by atoms with Crippen LogP contribution in [0, 0.1) is 11.6 Å². The monoisotopic (exact) mass is 367 g/mol. The van der Waals surface area contributed by atoms with E-state index in [2.05, 4.69) is 0 Å². The lowest BCUT2D eigenvalue weighted by molar-refractivity contribution is -0.119. The second kappa shape index (κ2) is 8.48. The van der Waals surface area contributed by atoms with Crippen molar-refractivity contribution in [3.8, 4) is 5.75 Å². The number of ether oxygens (including phenoxy) is 2. The van der Waals surface area contributed by atoms with Crippen molar-refractivity contribution in [1.29, 1.82) is 0 Å². The number of amides is 1. The van der Waals surface area contributed by atoms with Crippen molar-refractivity contribution >= 4 is 29.3 Å². The topological polar surface area (TPSA) is 64.6 Å². The summed E-state index contributed by atoms with van der Waals surface area (Å²) in [6, 6.07) is 8.06. The van der Waals surface area contributed by atoms with Crippen molar-refractivity contribution in [3.05, 3.63) is 53.6 Å². The fraction of sp³-hybridized carbons (Fsp3) is 0.176. The predicted octanol–water partition coefficient (Wildman–Crippen LogP) is 3.49. The summed E-state index contributed by atoms with van der Waals surface area (Å²) in [7, 11) is 1.41. The molecular weight excluding hydrogens is 352 g/mol. The molecule has 0 aliphatic heterocycles. The number of carbonyl (C=O) groups is 2. The molecule has 8 heteroatoms. The Hall–Kier alpha value is -2.61. The van der Waals surface area contributed by atoms with Gasteiger partial charge in [0.1, 0.15) is 28.6 Å². The molecule has 0 atom stereocenters. The van der Waals surface area contributed by atoms with E-state index in [4.69, 9.17) is 9.47 Å². The van der Waals surface area contributed by atoms with Gasteiger partial charge in [-0.2, -0.15) is 0 Å². The van der Waals surface area contributed by atoms with E-state index in [0.717, 1.165) is 17.0 Å². The van der Waals surface area contributed by atoms with Gasteiger partial charge in [0, 0.05) is 4.90 Å². The van der Waals surface area contributed by atoms with Crippen LogP contribution in [0.2, 0.25) is 0 Å². The number of thioether (sulfide) groups is 1. The van der Waals surface area contributed by atoms with E-state index >= 15 is 0 Å². The Morgan fingerprint density at radius 1 is 1.16 bits per heavy atom. The van der Waals surface area contributed by atoms with Gasteiger partial charge in [-0.05, 0) is 36.6 Å². The van der Waals surface area contributed by atoms with Crippen LogP contribution >= 0.6 is 11.8 Å².